The van der Waals surface area contributed by atoms with E-state index in [0.29, 0.717) is 11.7 Å². The summed E-state index contributed by atoms with van der Waals surface area (Å²) in [6.07, 6.45) is 14.8. The van der Waals surface area contributed by atoms with Crippen molar-refractivity contribution in [3.63, 3.8) is 0 Å². The van der Waals surface area contributed by atoms with Crippen LogP contribution in [0, 0.1) is 5.92 Å². The van der Waals surface area contributed by atoms with Gasteiger partial charge in [-0.05, 0) is 62.9 Å². The highest BCUT2D eigenvalue weighted by Gasteiger charge is 2.24. The van der Waals surface area contributed by atoms with Gasteiger partial charge in [-0.1, -0.05) is 24.6 Å². The largest absolute Gasteiger partial charge is 0.295 e. The quantitative estimate of drug-likeness (QED) is 0.559. The molecule has 2 aliphatic carbocycles. The van der Waals surface area contributed by atoms with Crippen molar-refractivity contribution in [2.75, 3.05) is 0 Å². The van der Waals surface area contributed by atoms with E-state index in [4.69, 9.17) is 0 Å². The first-order valence-corrected chi connectivity index (χ1v) is 7.16. The van der Waals surface area contributed by atoms with Crippen molar-refractivity contribution in [2.24, 2.45) is 5.92 Å². The molecule has 0 unspecified atom stereocenters. The maximum absolute atomic E-state index is 12.1. The smallest absolute Gasteiger partial charge is 0.159 e. The van der Waals surface area contributed by atoms with Crippen molar-refractivity contribution in [3.8, 4) is 0 Å². The number of rotatable bonds is 0. The van der Waals surface area contributed by atoms with Gasteiger partial charge in [0.1, 0.15) is 0 Å². The van der Waals surface area contributed by atoms with E-state index in [2.05, 4.69) is 19.1 Å². The van der Waals surface area contributed by atoms with Gasteiger partial charge >= 0.3 is 0 Å². The molecule has 0 spiro atoms. The highest BCUT2D eigenvalue weighted by molar-refractivity contribution is 5.97. The van der Waals surface area contributed by atoms with Gasteiger partial charge in [-0.25, -0.2) is 0 Å². The molecule has 0 aromatic carbocycles. The molecule has 94 valence electrons. The van der Waals surface area contributed by atoms with Crippen LogP contribution in [-0.2, 0) is 4.79 Å². The van der Waals surface area contributed by atoms with Crippen LogP contribution in [0.2, 0.25) is 0 Å². The number of carbonyl (C=O) groups is 1. The zero-order valence-electron chi connectivity index (χ0n) is 11.0. The highest BCUT2D eigenvalue weighted by atomic mass is 16.1. The summed E-state index contributed by atoms with van der Waals surface area (Å²) < 4.78 is 0. The third-order valence-corrected chi connectivity index (χ3v) is 3.96. The molecule has 0 fully saturated rings. The van der Waals surface area contributed by atoms with Crippen molar-refractivity contribution >= 4 is 5.78 Å². The molecule has 1 nitrogen and oxygen atoms in total. The summed E-state index contributed by atoms with van der Waals surface area (Å²) in [6.45, 7) is 2.22. The van der Waals surface area contributed by atoms with Crippen LogP contribution in [0.25, 0.3) is 0 Å². The van der Waals surface area contributed by atoms with Gasteiger partial charge in [-0.3, -0.25) is 4.79 Å². The first-order chi connectivity index (χ1) is 8.27. The Morgan fingerprint density at radius 3 is 2.59 bits per heavy atom. The molecule has 2 rings (SSSR count). The average molecular weight is 232 g/mol. The Kier molecular flexibility index (Phi) is 4.58. The van der Waals surface area contributed by atoms with Crippen molar-refractivity contribution in [1.82, 2.24) is 0 Å². The SMILES string of the molecule is C[C@H]1CC(=O)C2=C(CCCCC=CCCC2)C1. The molecule has 0 saturated carbocycles. The fraction of sp³-hybridized carbons (Fsp3) is 0.688. The molecule has 0 aliphatic heterocycles. The maximum atomic E-state index is 12.1. The van der Waals surface area contributed by atoms with Crippen molar-refractivity contribution < 1.29 is 4.79 Å². The average Bonchev–Trinajstić information content (AvgIpc) is 2.33. The van der Waals surface area contributed by atoms with E-state index >= 15 is 0 Å². The number of hydrogen-bond acceptors (Lipinski definition) is 1. The van der Waals surface area contributed by atoms with Crippen LogP contribution < -0.4 is 0 Å². The van der Waals surface area contributed by atoms with Crippen LogP contribution in [0.1, 0.15) is 64.7 Å². The molecule has 0 N–H and O–H groups in total. The summed E-state index contributed by atoms with van der Waals surface area (Å²) in [5.41, 5.74) is 2.70. The monoisotopic (exact) mass is 232 g/mol. The van der Waals surface area contributed by atoms with Gasteiger partial charge in [0.2, 0.25) is 0 Å². The summed E-state index contributed by atoms with van der Waals surface area (Å²) in [7, 11) is 0. The van der Waals surface area contributed by atoms with E-state index in [-0.39, 0.29) is 0 Å². The molecule has 0 bridgehead atoms. The van der Waals surface area contributed by atoms with E-state index in [1.165, 1.54) is 43.3 Å². The summed E-state index contributed by atoms with van der Waals surface area (Å²) in [5.74, 6) is 1.02. The highest BCUT2D eigenvalue weighted by Crippen LogP contribution is 2.33. The van der Waals surface area contributed by atoms with Crippen LogP contribution in [0.15, 0.2) is 23.3 Å². The molecule has 0 aromatic rings. The Labute approximate surface area is 105 Å². The lowest BCUT2D eigenvalue weighted by Crippen LogP contribution is -2.18. The normalized spacial score (nSPS) is 27.6. The van der Waals surface area contributed by atoms with Gasteiger partial charge in [0.25, 0.3) is 0 Å². The Balaban J connectivity index is 2.12. The van der Waals surface area contributed by atoms with Crippen LogP contribution in [-0.4, -0.2) is 5.78 Å². The van der Waals surface area contributed by atoms with Gasteiger partial charge < -0.3 is 0 Å². The third kappa shape index (κ3) is 3.55. The second kappa shape index (κ2) is 6.18. The van der Waals surface area contributed by atoms with Gasteiger partial charge in [0, 0.05) is 6.42 Å². The van der Waals surface area contributed by atoms with Crippen LogP contribution in [0.3, 0.4) is 0 Å². The standard InChI is InChI=1S/C16H24O/c1-13-11-14-9-7-5-3-2-4-6-8-10-15(14)16(17)12-13/h2,4,13H,3,5-12H2,1H3/t13-/m1/s1. The zero-order valence-corrected chi connectivity index (χ0v) is 11.0. The van der Waals surface area contributed by atoms with Crippen LogP contribution >= 0.6 is 0 Å². The molecule has 0 aromatic heterocycles. The second-order valence-electron chi connectivity index (χ2n) is 5.63. The van der Waals surface area contributed by atoms with Gasteiger partial charge in [0.15, 0.2) is 5.78 Å². The van der Waals surface area contributed by atoms with E-state index < -0.39 is 0 Å². The van der Waals surface area contributed by atoms with Crippen molar-refractivity contribution in [1.29, 1.82) is 0 Å². The molecular weight excluding hydrogens is 208 g/mol. The Morgan fingerprint density at radius 1 is 1.00 bits per heavy atom. The number of ketones is 1. The molecule has 0 heterocycles. The summed E-state index contributed by atoms with van der Waals surface area (Å²) in [4.78, 5) is 12.1. The number of hydrogen-bond donors (Lipinski definition) is 0. The summed E-state index contributed by atoms with van der Waals surface area (Å²) in [6, 6.07) is 0. The first kappa shape index (κ1) is 12.6. The Hall–Kier alpha value is -0.850. The lowest BCUT2D eigenvalue weighted by atomic mass is 9.80. The number of allylic oxidation sites excluding steroid dienone is 4. The first-order valence-electron chi connectivity index (χ1n) is 7.16. The molecule has 2 aliphatic rings. The Morgan fingerprint density at radius 2 is 1.76 bits per heavy atom. The van der Waals surface area contributed by atoms with Gasteiger partial charge in [-0.15, -0.1) is 0 Å². The molecule has 0 radical (unpaired) electrons. The second-order valence-corrected chi connectivity index (χ2v) is 5.63. The summed E-state index contributed by atoms with van der Waals surface area (Å²) >= 11 is 0. The fourth-order valence-electron chi connectivity index (χ4n) is 3.05. The topological polar surface area (TPSA) is 17.1 Å². The van der Waals surface area contributed by atoms with Crippen molar-refractivity contribution in [2.45, 2.75) is 64.7 Å². The third-order valence-electron chi connectivity index (χ3n) is 3.96. The molecule has 1 heteroatoms. The van der Waals surface area contributed by atoms with Crippen molar-refractivity contribution in [3.05, 3.63) is 23.3 Å². The maximum Gasteiger partial charge on any atom is 0.159 e. The zero-order chi connectivity index (χ0) is 12.1. The molecule has 0 amide bonds. The minimum Gasteiger partial charge on any atom is -0.295 e. The van der Waals surface area contributed by atoms with E-state index in [9.17, 15) is 4.79 Å². The lowest BCUT2D eigenvalue weighted by molar-refractivity contribution is -0.117. The van der Waals surface area contributed by atoms with E-state index in [1.54, 1.807) is 0 Å². The molecule has 0 saturated heterocycles. The molecule has 17 heavy (non-hydrogen) atoms. The predicted molar refractivity (Wildman–Crippen MR) is 71.9 cm³/mol. The van der Waals surface area contributed by atoms with E-state index in [1.807, 2.05) is 0 Å². The minimum absolute atomic E-state index is 0.446. The van der Waals surface area contributed by atoms with E-state index in [0.717, 1.165) is 25.7 Å². The predicted octanol–water partition coefficient (Wildman–Crippen LogP) is 4.58. The number of Topliss-reactive ketones (excluding diaryl/α,β-unsaturated/α-hetero) is 1. The lowest BCUT2D eigenvalue weighted by Gasteiger charge is -2.24. The van der Waals surface area contributed by atoms with Gasteiger partial charge in [0.05, 0.1) is 0 Å². The van der Waals surface area contributed by atoms with Crippen LogP contribution in [0.5, 0.6) is 0 Å². The summed E-state index contributed by atoms with van der Waals surface area (Å²) in [5, 5.41) is 0. The minimum atomic E-state index is 0.446. The fourth-order valence-corrected chi connectivity index (χ4v) is 3.05. The molecular formula is C16H24O. The van der Waals surface area contributed by atoms with Crippen LogP contribution in [0.4, 0.5) is 0 Å². The molecule has 1 atom stereocenters. The number of carbonyl (C=O) groups excluding carboxylic acids is 1. The van der Waals surface area contributed by atoms with Gasteiger partial charge in [-0.2, -0.15) is 0 Å². The Bertz CT molecular complexity index is 335.